The van der Waals surface area contributed by atoms with Gasteiger partial charge in [-0.1, -0.05) is 12.1 Å². The Labute approximate surface area is 107 Å². The lowest BCUT2D eigenvalue weighted by atomic mass is 9.99. The van der Waals surface area contributed by atoms with Crippen molar-refractivity contribution in [3.63, 3.8) is 0 Å². The van der Waals surface area contributed by atoms with Gasteiger partial charge >= 0.3 is 0 Å². The minimum atomic E-state index is -0.278. The van der Waals surface area contributed by atoms with Crippen molar-refractivity contribution in [2.24, 2.45) is 12.8 Å². The van der Waals surface area contributed by atoms with Gasteiger partial charge in [0.15, 0.2) is 0 Å². The summed E-state index contributed by atoms with van der Waals surface area (Å²) in [7, 11) is 3.62. The van der Waals surface area contributed by atoms with E-state index in [1.165, 1.54) is 5.56 Å². The Bertz CT molecular complexity index is 560. The van der Waals surface area contributed by atoms with Gasteiger partial charge in [0.05, 0.1) is 13.2 Å². The molecule has 18 heavy (non-hydrogen) atoms. The van der Waals surface area contributed by atoms with Gasteiger partial charge in [-0.25, -0.2) is 4.98 Å². The van der Waals surface area contributed by atoms with Crippen LogP contribution in [0.1, 0.15) is 28.6 Å². The van der Waals surface area contributed by atoms with Gasteiger partial charge in [0, 0.05) is 25.0 Å². The number of methoxy groups -OCH3 is 1. The van der Waals surface area contributed by atoms with Crippen molar-refractivity contribution in [2.75, 3.05) is 7.11 Å². The molecule has 1 unspecified atom stereocenters. The molecular weight excluding hydrogens is 226 g/mol. The normalized spacial score (nSPS) is 12.5. The van der Waals surface area contributed by atoms with E-state index in [0.29, 0.717) is 0 Å². The molecule has 1 atom stereocenters. The predicted octanol–water partition coefficient (Wildman–Crippen LogP) is 2.09. The van der Waals surface area contributed by atoms with Crippen molar-refractivity contribution in [1.29, 1.82) is 0 Å². The highest BCUT2D eigenvalue weighted by molar-refractivity contribution is 5.48. The molecule has 4 heteroatoms. The Morgan fingerprint density at radius 1 is 1.33 bits per heavy atom. The average Bonchev–Trinajstić information content (AvgIpc) is 2.78. The molecule has 1 aromatic carbocycles. The zero-order chi connectivity index (χ0) is 13.3. The van der Waals surface area contributed by atoms with Crippen LogP contribution in [-0.4, -0.2) is 16.7 Å². The third-order valence-electron chi connectivity index (χ3n) is 3.38. The number of nitrogens with two attached hydrogens (primary N) is 1. The van der Waals surface area contributed by atoms with Crippen LogP contribution in [0.2, 0.25) is 0 Å². The van der Waals surface area contributed by atoms with E-state index in [2.05, 4.69) is 18.0 Å². The predicted molar refractivity (Wildman–Crippen MR) is 71.7 cm³/mol. The van der Waals surface area contributed by atoms with Crippen molar-refractivity contribution in [3.05, 3.63) is 47.0 Å². The summed E-state index contributed by atoms with van der Waals surface area (Å²) >= 11 is 0. The van der Waals surface area contributed by atoms with Crippen molar-refractivity contribution in [3.8, 4) is 5.75 Å². The molecule has 0 amide bonds. The Balaban J connectivity index is 2.52. The maximum Gasteiger partial charge on any atom is 0.130 e. The van der Waals surface area contributed by atoms with E-state index in [9.17, 15) is 0 Å². The van der Waals surface area contributed by atoms with Gasteiger partial charge in [-0.2, -0.15) is 0 Å². The second-order valence-corrected chi connectivity index (χ2v) is 4.50. The number of hydrogen-bond donors (Lipinski definition) is 1. The molecule has 0 aliphatic heterocycles. The molecule has 2 rings (SSSR count). The van der Waals surface area contributed by atoms with Crippen LogP contribution in [0.3, 0.4) is 0 Å². The molecule has 0 spiro atoms. The molecule has 0 saturated heterocycles. The maximum atomic E-state index is 6.29. The Hall–Kier alpha value is -1.81. The van der Waals surface area contributed by atoms with Gasteiger partial charge in [0.1, 0.15) is 11.6 Å². The molecule has 0 aliphatic carbocycles. The molecule has 1 heterocycles. The van der Waals surface area contributed by atoms with E-state index in [1.54, 1.807) is 13.3 Å². The van der Waals surface area contributed by atoms with Gasteiger partial charge in [-0.05, 0) is 25.0 Å². The SMILES string of the molecule is COc1c(C(N)c2nccn2C)ccc(C)c1C. The summed E-state index contributed by atoms with van der Waals surface area (Å²) in [5, 5.41) is 0. The van der Waals surface area contributed by atoms with E-state index in [0.717, 1.165) is 22.7 Å². The first kappa shape index (κ1) is 12.6. The van der Waals surface area contributed by atoms with E-state index >= 15 is 0 Å². The molecule has 0 fully saturated rings. The van der Waals surface area contributed by atoms with Crippen LogP contribution in [0.4, 0.5) is 0 Å². The highest BCUT2D eigenvalue weighted by atomic mass is 16.5. The maximum absolute atomic E-state index is 6.29. The van der Waals surface area contributed by atoms with Crippen LogP contribution in [0.5, 0.6) is 5.75 Å². The van der Waals surface area contributed by atoms with Crippen molar-refractivity contribution in [1.82, 2.24) is 9.55 Å². The molecule has 0 aliphatic rings. The third-order valence-corrected chi connectivity index (χ3v) is 3.38. The van der Waals surface area contributed by atoms with E-state index < -0.39 is 0 Å². The zero-order valence-electron chi connectivity index (χ0n) is 11.3. The Kier molecular flexibility index (Phi) is 3.39. The average molecular weight is 245 g/mol. The number of benzene rings is 1. The second kappa shape index (κ2) is 4.82. The lowest BCUT2D eigenvalue weighted by Crippen LogP contribution is -2.18. The number of ether oxygens (including phenoxy) is 1. The third kappa shape index (κ3) is 1.99. The fraction of sp³-hybridized carbons (Fsp3) is 0.357. The van der Waals surface area contributed by atoms with Crippen molar-refractivity contribution < 1.29 is 4.74 Å². The molecule has 4 nitrogen and oxygen atoms in total. The first-order chi connectivity index (χ1) is 8.56. The molecule has 2 N–H and O–H groups in total. The summed E-state index contributed by atoms with van der Waals surface area (Å²) in [5.41, 5.74) is 9.58. The molecular formula is C14H19N3O. The molecule has 0 saturated carbocycles. The van der Waals surface area contributed by atoms with Crippen LogP contribution < -0.4 is 10.5 Å². The topological polar surface area (TPSA) is 53.1 Å². The van der Waals surface area contributed by atoms with E-state index in [4.69, 9.17) is 10.5 Å². The number of hydrogen-bond acceptors (Lipinski definition) is 3. The summed E-state index contributed by atoms with van der Waals surface area (Å²) in [6.45, 7) is 4.11. The summed E-state index contributed by atoms with van der Waals surface area (Å²) in [4.78, 5) is 4.30. The van der Waals surface area contributed by atoms with Crippen LogP contribution in [0.15, 0.2) is 24.5 Å². The number of nitrogens with zero attached hydrogens (tertiary/aromatic N) is 2. The van der Waals surface area contributed by atoms with E-state index in [1.807, 2.05) is 30.8 Å². The van der Waals surface area contributed by atoms with E-state index in [-0.39, 0.29) is 6.04 Å². The fourth-order valence-corrected chi connectivity index (χ4v) is 2.14. The molecule has 1 aromatic heterocycles. The highest BCUT2D eigenvalue weighted by Gasteiger charge is 2.19. The van der Waals surface area contributed by atoms with Crippen LogP contribution in [0.25, 0.3) is 0 Å². The van der Waals surface area contributed by atoms with Crippen molar-refractivity contribution >= 4 is 0 Å². The van der Waals surface area contributed by atoms with Crippen LogP contribution >= 0.6 is 0 Å². The first-order valence-electron chi connectivity index (χ1n) is 5.93. The smallest absolute Gasteiger partial charge is 0.130 e. The van der Waals surface area contributed by atoms with Crippen LogP contribution in [-0.2, 0) is 7.05 Å². The van der Waals surface area contributed by atoms with Gasteiger partial charge < -0.3 is 15.0 Å². The fourth-order valence-electron chi connectivity index (χ4n) is 2.14. The largest absolute Gasteiger partial charge is 0.496 e. The second-order valence-electron chi connectivity index (χ2n) is 4.50. The van der Waals surface area contributed by atoms with Gasteiger partial charge in [-0.15, -0.1) is 0 Å². The monoisotopic (exact) mass is 245 g/mol. The van der Waals surface area contributed by atoms with Gasteiger partial charge in [0.25, 0.3) is 0 Å². The lowest BCUT2D eigenvalue weighted by Gasteiger charge is -2.18. The standard InChI is InChI=1S/C14H19N3O/c1-9-5-6-11(13(18-4)10(9)2)12(15)14-16-7-8-17(14)3/h5-8,12H,15H2,1-4H3. The Morgan fingerprint density at radius 2 is 2.06 bits per heavy atom. The lowest BCUT2D eigenvalue weighted by molar-refractivity contribution is 0.403. The summed E-state index contributed by atoms with van der Waals surface area (Å²) in [6.07, 6.45) is 3.64. The van der Waals surface area contributed by atoms with Gasteiger partial charge in [0.2, 0.25) is 0 Å². The Morgan fingerprint density at radius 3 is 2.61 bits per heavy atom. The molecule has 96 valence electrons. The first-order valence-corrected chi connectivity index (χ1v) is 5.93. The number of imidazole rings is 1. The summed E-state index contributed by atoms with van der Waals surface area (Å²) in [5.74, 6) is 1.68. The minimum Gasteiger partial charge on any atom is -0.496 e. The van der Waals surface area contributed by atoms with Crippen molar-refractivity contribution in [2.45, 2.75) is 19.9 Å². The quantitative estimate of drug-likeness (QED) is 0.901. The zero-order valence-corrected chi connectivity index (χ0v) is 11.3. The number of rotatable bonds is 3. The summed E-state index contributed by atoms with van der Waals surface area (Å²) < 4.78 is 7.43. The number of aromatic nitrogens is 2. The minimum absolute atomic E-state index is 0.278. The highest BCUT2D eigenvalue weighted by Crippen LogP contribution is 2.32. The molecule has 2 aromatic rings. The molecule has 0 bridgehead atoms. The van der Waals surface area contributed by atoms with Gasteiger partial charge in [-0.3, -0.25) is 0 Å². The number of aryl methyl sites for hydroxylation is 2. The molecule has 0 radical (unpaired) electrons. The van der Waals surface area contributed by atoms with Crippen LogP contribution in [0, 0.1) is 13.8 Å². The summed E-state index contributed by atoms with van der Waals surface area (Å²) in [6, 6.07) is 3.80.